The molecule has 1 amide bonds. The van der Waals surface area contributed by atoms with Crippen molar-refractivity contribution in [3.8, 4) is 0 Å². The van der Waals surface area contributed by atoms with Crippen molar-refractivity contribution >= 4 is 32.5 Å². The third-order valence-electron chi connectivity index (χ3n) is 4.13. The molecule has 2 aromatic carbocycles. The summed E-state index contributed by atoms with van der Waals surface area (Å²) in [6, 6.07) is 14.7. The number of nitrogens with one attached hydrogen (secondary N) is 2. The third kappa shape index (κ3) is 4.93. The monoisotopic (exact) mass is 371 g/mol. The van der Waals surface area contributed by atoms with Crippen LogP contribution in [0.15, 0.2) is 54.7 Å². The molecule has 0 spiro atoms. The predicted octanol–water partition coefficient (Wildman–Crippen LogP) is 2.92. The van der Waals surface area contributed by atoms with Crippen LogP contribution in [0, 0.1) is 0 Å². The van der Waals surface area contributed by atoms with Gasteiger partial charge in [-0.25, -0.2) is 13.6 Å². The van der Waals surface area contributed by atoms with Crippen molar-refractivity contribution in [2.45, 2.75) is 25.0 Å². The molecule has 0 bridgehead atoms. The second-order valence-electron chi connectivity index (χ2n) is 6.27. The molecule has 26 heavy (non-hydrogen) atoms. The van der Waals surface area contributed by atoms with E-state index in [-0.39, 0.29) is 11.7 Å². The molecule has 136 valence electrons. The molecule has 0 atom stereocenters. The van der Waals surface area contributed by atoms with Gasteiger partial charge in [-0.15, -0.1) is 0 Å². The molecule has 0 radical (unpaired) electrons. The number of aryl methyl sites for hydroxylation is 1. The van der Waals surface area contributed by atoms with Crippen LogP contribution in [-0.4, -0.2) is 19.3 Å². The van der Waals surface area contributed by atoms with Crippen LogP contribution >= 0.6 is 0 Å². The first kappa shape index (κ1) is 18.2. The second kappa shape index (κ2) is 7.72. The molecule has 0 aliphatic rings. The Bertz CT molecular complexity index is 1010. The number of carbonyl (C=O) groups is 1. The average Bonchev–Trinajstić information content (AvgIpc) is 2.99. The van der Waals surface area contributed by atoms with E-state index >= 15 is 0 Å². The van der Waals surface area contributed by atoms with Crippen molar-refractivity contribution in [1.29, 1.82) is 0 Å². The van der Waals surface area contributed by atoms with E-state index in [0.29, 0.717) is 17.7 Å². The molecule has 0 unspecified atom stereocenters. The Hall–Kier alpha value is -2.64. The van der Waals surface area contributed by atoms with E-state index < -0.39 is 10.0 Å². The molecule has 3 aromatic rings. The lowest BCUT2D eigenvalue weighted by Gasteiger charge is -2.06. The highest BCUT2D eigenvalue weighted by Gasteiger charge is 2.07. The van der Waals surface area contributed by atoms with Crippen molar-refractivity contribution in [2.24, 2.45) is 5.14 Å². The van der Waals surface area contributed by atoms with E-state index in [2.05, 4.69) is 16.4 Å². The summed E-state index contributed by atoms with van der Waals surface area (Å²) in [7, 11) is -3.55. The topological polar surface area (TPSA) is 105 Å². The SMILES string of the molecule is NS(=O)(=O)Cc1ccc(NC(=O)CCCc2c[nH]c3ccccc23)cc1. The van der Waals surface area contributed by atoms with Crippen molar-refractivity contribution in [3.63, 3.8) is 0 Å². The summed E-state index contributed by atoms with van der Waals surface area (Å²) in [5.41, 5.74) is 3.54. The smallest absolute Gasteiger partial charge is 0.224 e. The van der Waals surface area contributed by atoms with Gasteiger partial charge >= 0.3 is 0 Å². The van der Waals surface area contributed by atoms with E-state index in [1.807, 2.05) is 24.4 Å². The van der Waals surface area contributed by atoms with Crippen molar-refractivity contribution in [1.82, 2.24) is 4.98 Å². The predicted molar refractivity (Wildman–Crippen MR) is 103 cm³/mol. The number of rotatable bonds is 7. The maximum absolute atomic E-state index is 12.1. The fourth-order valence-corrected chi connectivity index (χ4v) is 3.58. The number of hydrogen-bond acceptors (Lipinski definition) is 3. The summed E-state index contributed by atoms with van der Waals surface area (Å²) >= 11 is 0. The molecule has 0 aliphatic carbocycles. The van der Waals surface area contributed by atoms with E-state index in [0.717, 1.165) is 18.4 Å². The molecule has 6 nitrogen and oxygen atoms in total. The van der Waals surface area contributed by atoms with Crippen LogP contribution < -0.4 is 10.5 Å². The van der Waals surface area contributed by atoms with Crippen LogP contribution in [-0.2, 0) is 27.0 Å². The molecule has 1 heterocycles. The average molecular weight is 371 g/mol. The summed E-state index contributed by atoms with van der Waals surface area (Å²) in [5, 5.41) is 9.03. The largest absolute Gasteiger partial charge is 0.361 e. The first-order valence-electron chi connectivity index (χ1n) is 8.35. The Morgan fingerprint density at radius 1 is 1.08 bits per heavy atom. The Morgan fingerprint density at radius 3 is 2.54 bits per heavy atom. The van der Waals surface area contributed by atoms with Gasteiger partial charge in [0.05, 0.1) is 5.75 Å². The number of primary sulfonamides is 1. The van der Waals surface area contributed by atoms with Crippen molar-refractivity contribution < 1.29 is 13.2 Å². The van der Waals surface area contributed by atoms with Gasteiger partial charge in [0, 0.05) is 29.2 Å². The molecule has 0 saturated heterocycles. The Labute approximate surface area is 152 Å². The Morgan fingerprint density at radius 2 is 1.81 bits per heavy atom. The minimum atomic E-state index is -3.55. The molecular formula is C19H21N3O3S. The van der Waals surface area contributed by atoms with Crippen LogP contribution in [0.2, 0.25) is 0 Å². The van der Waals surface area contributed by atoms with Gasteiger partial charge in [-0.2, -0.15) is 0 Å². The highest BCUT2D eigenvalue weighted by molar-refractivity contribution is 7.88. The number of para-hydroxylation sites is 1. The van der Waals surface area contributed by atoms with Gasteiger partial charge in [0.1, 0.15) is 0 Å². The van der Waals surface area contributed by atoms with Gasteiger partial charge in [0.25, 0.3) is 0 Å². The molecule has 3 rings (SSSR count). The van der Waals surface area contributed by atoms with E-state index in [1.165, 1.54) is 10.9 Å². The van der Waals surface area contributed by atoms with Gasteiger partial charge in [0.15, 0.2) is 0 Å². The van der Waals surface area contributed by atoms with E-state index in [1.54, 1.807) is 24.3 Å². The molecule has 0 fully saturated rings. The first-order valence-corrected chi connectivity index (χ1v) is 10.1. The number of H-pyrrole nitrogens is 1. The van der Waals surface area contributed by atoms with Gasteiger partial charge in [-0.3, -0.25) is 4.79 Å². The summed E-state index contributed by atoms with van der Waals surface area (Å²) in [4.78, 5) is 15.3. The minimum absolute atomic E-state index is 0.0657. The fraction of sp³-hybridized carbons (Fsp3) is 0.211. The van der Waals surface area contributed by atoms with Crippen molar-refractivity contribution in [3.05, 3.63) is 65.9 Å². The van der Waals surface area contributed by atoms with Crippen LogP contribution in [0.4, 0.5) is 5.69 Å². The highest BCUT2D eigenvalue weighted by Crippen LogP contribution is 2.19. The van der Waals surface area contributed by atoms with Gasteiger partial charge < -0.3 is 10.3 Å². The molecule has 7 heteroatoms. The summed E-state index contributed by atoms with van der Waals surface area (Å²) in [6.07, 6.45) is 3.98. The quantitative estimate of drug-likeness (QED) is 0.594. The van der Waals surface area contributed by atoms with Crippen LogP contribution in [0.3, 0.4) is 0 Å². The lowest BCUT2D eigenvalue weighted by molar-refractivity contribution is -0.116. The number of fused-ring (bicyclic) bond motifs is 1. The molecule has 4 N–H and O–H groups in total. The number of aromatic amines is 1. The number of anilines is 1. The number of amides is 1. The van der Waals surface area contributed by atoms with Gasteiger partial charge in [-0.05, 0) is 42.2 Å². The maximum atomic E-state index is 12.1. The number of carbonyl (C=O) groups excluding carboxylic acids is 1. The normalized spacial score (nSPS) is 11.6. The van der Waals surface area contributed by atoms with Crippen LogP contribution in [0.25, 0.3) is 10.9 Å². The zero-order chi connectivity index (χ0) is 18.6. The lowest BCUT2D eigenvalue weighted by atomic mass is 10.1. The second-order valence-corrected chi connectivity index (χ2v) is 7.88. The number of benzene rings is 2. The fourth-order valence-electron chi connectivity index (χ4n) is 2.92. The number of aromatic nitrogens is 1. The zero-order valence-corrected chi connectivity index (χ0v) is 15.1. The highest BCUT2D eigenvalue weighted by atomic mass is 32.2. The zero-order valence-electron chi connectivity index (χ0n) is 14.2. The Kier molecular flexibility index (Phi) is 5.39. The van der Waals surface area contributed by atoms with E-state index in [4.69, 9.17) is 5.14 Å². The lowest BCUT2D eigenvalue weighted by Crippen LogP contribution is -2.14. The summed E-state index contributed by atoms with van der Waals surface area (Å²) in [6.45, 7) is 0. The summed E-state index contributed by atoms with van der Waals surface area (Å²) < 4.78 is 22.1. The number of hydrogen-bond donors (Lipinski definition) is 3. The minimum Gasteiger partial charge on any atom is -0.361 e. The number of sulfonamides is 1. The van der Waals surface area contributed by atoms with Crippen molar-refractivity contribution in [2.75, 3.05) is 5.32 Å². The van der Waals surface area contributed by atoms with Gasteiger partial charge in [0.2, 0.25) is 15.9 Å². The molecule has 0 saturated carbocycles. The molecule has 1 aromatic heterocycles. The third-order valence-corrected chi connectivity index (χ3v) is 4.87. The number of nitrogens with two attached hydrogens (primary N) is 1. The van der Waals surface area contributed by atoms with Crippen LogP contribution in [0.1, 0.15) is 24.0 Å². The molecule has 0 aliphatic heterocycles. The Balaban J connectivity index is 1.49. The molecular weight excluding hydrogens is 350 g/mol. The summed E-state index contributed by atoms with van der Waals surface area (Å²) in [5.74, 6) is -0.282. The van der Waals surface area contributed by atoms with E-state index in [9.17, 15) is 13.2 Å². The maximum Gasteiger partial charge on any atom is 0.224 e. The van der Waals surface area contributed by atoms with Gasteiger partial charge in [-0.1, -0.05) is 30.3 Å². The first-order chi connectivity index (χ1) is 12.4. The standard InChI is InChI=1S/C19H21N3O3S/c20-26(24,25)13-14-8-10-16(11-9-14)22-19(23)7-3-4-15-12-21-18-6-2-1-5-17(15)18/h1-2,5-6,8-12,21H,3-4,7,13H2,(H,22,23)(H2,20,24,25). The van der Waals surface area contributed by atoms with Crippen LogP contribution in [0.5, 0.6) is 0 Å².